The van der Waals surface area contributed by atoms with E-state index in [2.05, 4.69) is 11.9 Å². The van der Waals surface area contributed by atoms with Crippen molar-refractivity contribution >= 4 is 29.6 Å². The number of halogens is 1. The van der Waals surface area contributed by atoms with Gasteiger partial charge >= 0.3 is 12.1 Å². The smallest absolute Gasteiger partial charge is 0.412 e. The standard InChI is InChI=1S/C15H15ClN2O5/c1-2-7-23-15(22)18-11(14(20)21)8-12(19)17-13(18)9-3-5-10(16)6-4-9/h2-6,11,13H,1,7-8H2,(H,17,19)(H,20,21)/t11-,13-/m0/s1. The lowest BCUT2D eigenvalue weighted by Gasteiger charge is -2.39. The number of amides is 2. The Bertz CT molecular complexity index is 631. The van der Waals surface area contributed by atoms with Gasteiger partial charge in [0.15, 0.2) is 0 Å². The number of rotatable bonds is 4. The van der Waals surface area contributed by atoms with Gasteiger partial charge in [-0.1, -0.05) is 36.4 Å². The molecule has 0 unspecified atom stereocenters. The third-order valence-corrected chi connectivity index (χ3v) is 3.55. The van der Waals surface area contributed by atoms with E-state index in [1.807, 2.05) is 0 Å². The first-order valence-corrected chi connectivity index (χ1v) is 7.15. The van der Waals surface area contributed by atoms with Crippen molar-refractivity contribution in [3.63, 3.8) is 0 Å². The summed E-state index contributed by atoms with van der Waals surface area (Å²) in [7, 11) is 0. The van der Waals surface area contributed by atoms with Crippen molar-refractivity contribution < 1.29 is 24.2 Å². The molecule has 1 saturated heterocycles. The average Bonchev–Trinajstić information content (AvgIpc) is 2.52. The number of benzene rings is 1. The summed E-state index contributed by atoms with van der Waals surface area (Å²) in [5, 5.41) is 12.4. The number of nitrogens with zero attached hydrogens (tertiary/aromatic N) is 1. The minimum absolute atomic E-state index is 0.0665. The van der Waals surface area contributed by atoms with Crippen LogP contribution in [0.2, 0.25) is 5.02 Å². The molecule has 1 aliphatic heterocycles. The van der Waals surface area contributed by atoms with Crippen molar-refractivity contribution in [2.45, 2.75) is 18.6 Å². The molecule has 1 fully saturated rings. The van der Waals surface area contributed by atoms with Gasteiger partial charge in [0.05, 0.1) is 6.42 Å². The Morgan fingerprint density at radius 1 is 1.43 bits per heavy atom. The van der Waals surface area contributed by atoms with E-state index in [0.29, 0.717) is 10.6 Å². The summed E-state index contributed by atoms with van der Waals surface area (Å²) >= 11 is 5.83. The molecule has 23 heavy (non-hydrogen) atoms. The lowest BCUT2D eigenvalue weighted by atomic mass is 10.0. The van der Waals surface area contributed by atoms with Crippen LogP contribution in [-0.4, -0.2) is 40.6 Å². The molecule has 2 amide bonds. The third kappa shape index (κ3) is 3.81. The molecular formula is C15H15ClN2O5. The molecule has 0 radical (unpaired) electrons. The summed E-state index contributed by atoms with van der Waals surface area (Å²) in [6.45, 7) is 3.37. The maximum atomic E-state index is 12.2. The number of carbonyl (C=O) groups is 3. The van der Waals surface area contributed by atoms with Crippen molar-refractivity contribution in [2.24, 2.45) is 0 Å². The van der Waals surface area contributed by atoms with Crippen molar-refractivity contribution in [3.8, 4) is 0 Å². The van der Waals surface area contributed by atoms with Gasteiger partial charge in [0.1, 0.15) is 18.8 Å². The molecule has 1 heterocycles. The maximum absolute atomic E-state index is 12.2. The van der Waals surface area contributed by atoms with E-state index in [1.54, 1.807) is 24.3 Å². The van der Waals surface area contributed by atoms with Crippen molar-refractivity contribution in [1.82, 2.24) is 10.2 Å². The van der Waals surface area contributed by atoms with Crippen LogP contribution in [0.15, 0.2) is 36.9 Å². The molecule has 8 heteroatoms. The predicted octanol–water partition coefficient (Wildman–Crippen LogP) is 1.94. The van der Waals surface area contributed by atoms with Crippen molar-refractivity contribution in [2.75, 3.05) is 6.61 Å². The largest absolute Gasteiger partial charge is 0.480 e. The van der Waals surface area contributed by atoms with Crippen LogP contribution in [0, 0.1) is 0 Å². The molecule has 1 aromatic carbocycles. The number of hydrogen-bond acceptors (Lipinski definition) is 4. The second kappa shape index (κ2) is 7.15. The van der Waals surface area contributed by atoms with Crippen LogP contribution >= 0.6 is 11.6 Å². The first kappa shape index (κ1) is 16.8. The minimum atomic E-state index is -1.32. The normalized spacial score (nSPS) is 20.6. The van der Waals surface area contributed by atoms with Gasteiger partial charge < -0.3 is 15.2 Å². The molecule has 7 nitrogen and oxygen atoms in total. The zero-order valence-corrected chi connectivity index (χ0v) is 12.8. The first-order chi connectivity index (χ1) is 10.9. The van der Waals surface area contributed by atoms with Gasteiger partial charge in [-0.2, -0.15) is 0 Å². The van der Waals surface area contributed by atoms with Gasteiger partial charge in [0.25, 0.3) is 0 Å². The van der Waals surface area contributed by atoms with Gasteiger partial charge in [-0.05, 0) is 17.7 Å². The van der Waals surface area contributed by atoms with Gasteiger partial charge in [-0.25, -0.2) is 9.59 Å². The van der Waals surface area contributed by atoms with Crippen molar-refractivity contribution in [3.05, 3.63) is 47.5 Å². The quantitative estimate of drug-likeness (QED) is 0.818. The SMILES string of the molecule is C=CCOC(=O)N1[C@@H](c2ccc(Cl)cc2)NC(=O)C[C@H]1C(=O)O. The van der Waals surface area contributed by atoms with Gasteiger partial charge in [-0.15, -0.1) is 0 Å². The molecule has 1 aliphatic rings. The summed E-state index contributed by atoms with van der Waals surface area (Å²) < 4.78 is 4.95. The lowest BCUT2D eigenvalue weighted by molar-refractivity contribution is -0.150. The highest BCUT2D eigenvalue weighted by Gasteiger charge is 2.43. The van der Waals surface area contributed by atoms with Gasteiger partial charge in [0, 0.05) is 5.02 Å². The molecule has 0 spiro atoms. The van der Waals surface area contributed by atoms with E-state index in [1.165, 1.54) is 6.08 Å². The summed E-state index contributed by atoms with van der Waals surface area (Å²) in [6, 6.07) is 5.06. The molecule has 2 atom stereocenters. The molecule has 2 N–H and O–H groups in total. The van der Waals surface area contributed by atoms with E-state index >= 15 is 0 Å². The van der Waals surface area contributed by atoms with Crippen LogP contribution in [0.4, 0.5) is 4.79 Å². The number of hydrogen-bond donors (Lipinski definition) is 2. The second-order valence-electron chi connectivity index (χ2n) is 4.85. The minimum Gasteiger partial charge on any atom is -0.480 e. The summed E-state index contributed by atoms with van der Waals surface area (Å²) in [5.74, 6) is -1.75. The molecule has 122 valence electrons. The van der Waals surface area contributed by atoms with Crippen LogP contribution in [-0.2, 0) is 14.3 Å². The highest BCUT2D eigenvalue weighted by molar-refractivity contribution is 6.30. The fourth-order valence-electron chi connectivity index (χ4n) is 2.27. The molecule has 0 bridgehead atoms. The van der Waals surface area contributed by atoms with Crippen LogP contribution in [0.1, 0.15) is 18.2 Å². The third-order valence-electron chi connectivity index (χ3n) is 3.30. The number of aliphatic carboxylic acids is 1. The van der Waals surface area contributed by atoms with E-state index in [4.69, 9.17) is 16.3 Å². The van der Waals surface area contributed by atoms with Crippen LogP contribution in [0.25, 0.3) is 0 Å². The number of carboxylic acid groups (broad SMARTS) is 1. The highest BCUT2D eigenvalue weighted by Crippen LogP contribution is 2.28. The zero-order chi connectivity index (χ0) is 17.0. The average molecular weight is 339 g/mol. The second-order valence-corrected chi connectivity index (χ2v) is 5.29. The molecule has 2 rings (SSSR count). The Balaban J connectivity index is 2.38. The Labute approximate surface area is 137 Å². The Hall–Kier alpha value is -2.54. The summed E-state index contributed by atoms with van der Waals surface area (Å²) in [6.07, 6.45) is -0.778. The van der Waals surface area contributed by atoms with Crippen molar-refractivity contribution in [1.29, 1.82) is 0 Å². The van der Waals surface area contributed by atoms with Crippen LogP contribution in [0.3, 0.4) is 0 Å². The fourth-order valence-corrected chi connectivity index (χ4v) is 2.39. The fraction of sp³-hybridized carbons (Fsp3) is 0.267. The number of carbonyl (C=O) groups excluding carboxylic acids is 2. The highest BCUT2D eigenvalue weighted by atomic mass is 35.5. The molecule has 0 saturated carbocycles. The molecule has 0 aromatic heterocycles. The Morgan fingerprint density at radius 3 is 2.65 bits per heavy atom. The Kier molecular flexibility index (Phi) is 5.23. The summed E-state index contributed by atoms with van der Waals surface area (Å²) in [5.41, 5.74) is 0.518. The van der Waals surface area contributed by atoms with Gasteiger partial charge in [-0.3, -0.25) is 9.69 Å². The lowest BCUT2D eigenvalue weighted by Crippen LogP contribution is -2.58. The Morgan fingerprint density at radius 2 is 2.09 bits per heavy atom. The van der Waals surface area contributed by atoms with E-state index < -0.39 is 30.2 Å². The zero-order valence-electron chi connectivity index (χ0n) is 12.1. The number of carboxylic acids is 1. The molecule has 1 aromatic rings. The van der Waals surface area contributed by atoms with Crippen LogP contribution in [0.5, 0.6) is 0 Å². The molecule has 0 aliphatic carbocycles. The first-order valence-electron chi connectivity index (χ1n) is 6.77. The number of nitrogens with one attached hydrogen (secondary N) is 1. The van der Waals surface area contributed by atoms with Gasteiger partial charge in [0.2, 0.25) is 5.91 Å². The maximum Gasteiger partial charge on any atom is 0.412 e. The summed E-state index contributed by atoms with van der Waals surface area (Å²) in [4.78, 5) is 36.5. The van der Waals surface area contributed by atoms with E-state index in [0.717, 1.165) is 4.90 Å². The monoisotopic (exact) mass is 338 g/mol. The van der Waals surface area contributed by atoms with E-state index in [9.17, 15) is 19.5 Å². The molecular weight excluding hydrogens is 324 g/mol. The van der Waals surface area contributed by atoms with E-state index in [-0.39, 0.29) is 13.0 Å². The predicted molar refractivity (Wildman–Crippen MR) is 81.8 cm³/mol. The topological polar surface area (TPSA) is 95.9 Å². The number of ether oxygens (including phenoxy) is 1. The van der Waals surface area contributed by atoms with Crippen LogP contribution < -0.4 is 5.32 Å².